The van der Waals surface area contributed by atoms with Crippen molar-refractivity contribution in [3.63, 3.8) is 0 Å². The Balaban J connectivity index is 1.44. The van der Waals surface area contributed by atoms with Crippen molar-refractivity contribution in [1.29, 1.82) is 0 Å². The number of amides is 1. The first-order chi connectivity index (χ1) is 13.9. The Kier molecular flexibility index (Phi) is 5.38. The topological polar surface area (TPSA) is 75.0 Å². The van der Waals surface area contributed by atoms with E-state index >= 15 is 0 Å². The first-order valence-electron chi connectivity index (χ1n) is 9.71. The Morgan fingerprint density at radius 1 is 1.03 bits per heavy atom. The van der Waals surface area contributed by atoms with Crippen LogP contribution in [0.1, 0.15) is 17.7 Å². The van der Waals surface area contributed by atoms with Crippen LogP contribution < -0.4 is 0 Å². The zero-order valence-electron chi connectivity index (χ0n) is 16.4. The normalized spacial score (nSPS) is 16.1. The highest BCUT2D eigenvalue weighted by atomic mass is 32.2. The summed E-state index contributed by atoms with van der Waals surface area (Å²) in [7, 11) is -3.54. The Bertz CT molecular complexity index is 1130. The fourth-order valence-corrected chi connectivity index (χ4v) is 5.17. The van der Waals surface area contributed by atoms with Crippen molar-refractivity contribution < 1.29 is 13.2 Å². The summed E-state index contributed by atoms with van der Waals surface area (Å²) >= 11 is 0. The van der Waals surface area contributed by atoms with Crippen LogP contribution in [0.5, 0.6) is 0 Å². The highest BCUT2D eigenvalue weighted by Gasteiger charge is 2.28. The molecule has 1 aliphatic rings. The van der Waals surface area contributed by atoms with Crippen molar-refractivity contribution in [2.75, 3.05) is 26.2 Å². The summed E-state index contributed by atoms with van der Waals surface area (Å²) in [6.45, 7) is 3.63. The molecule has 1 amide bonds. The maximum absolute atomic E-state index is 12.8. The predicted molar refractivity (Wildman–Crippen MR) is 110 cm³/mol. The highest BCUT2D eigenvalue weighted by molar-refractivity contribution is 7.89. The van der Waals surface area contributed by atoms with Gasteiger partial charge in [0.1, 0.15) is 5.65 Å². The van der Waals surface area contributed by atoms with Crippen molar-refractivity contribution >= 4 is 21.6 Å². The first kappa shape index (κ1) is 19.6. The number of aromatic nitrogens is 2. The smallest absolute Gasteiger partial charge is 0.243 e. The van der Waals surface area contributed by atoms with E-state index in [0.29, 0.717) is 37.5 Å². The number of carbonyl (C=O) groups is 1. The van der Waals surface area contributed by atoms with Crippen molar-refractivity contribution in [2.24, 2.45) is 0 Å². The third kappa shape index (κ3) is 4.04. The number of benzene rings is 1. The molecular formula is C21H24N4O3S. The summed E-state index contributed by atoms with van der Waals surface area (Å²) < 4.78 is 29.1. The molecule has 0 N–H and O–H groups in total. The summed E-state index contributed by atoms with van der Waals surface area (Å²) in [5.41, 5.74) is 2.64. The lowest BCUT2D eigenvalue weighted by Gasteiger charge is -2.21. The number of hydrogen-bond donors (Lipinski definition) is 0. The van der Waals surface area contributed by atoms with Gasteiger partial charge in [0.2, 0.25) is 15.9 Å². The standard InChI is InChI=1S/C21H24N4O3S/c1-17-7-5-10-24-16-18(22-21(17)24)15-20(26)23-11-6-12-25(14-13-23)29(27,28)19-8-3-2-4-9-19/h2-5,7-10,16H,6,11-15H2,1H3. The quantitative estimate of drug-likeness (QED) is 0.658. The minimum Gasteiger partial charge on any atom is -0.341 e. The Morgan fingerprint density at radius 2 is 1.83 bits per heavy atom. The van der Waals surface area contributed by atoms with Gasteiger partial charge in [-0.3, -0.25) is 4.79 Å². The van der Waals surface area contributed by atoms with E-state index in [-0.39, 0.29) is 12.3 Å². The van der Waals surface area contributed by atoms with E-state index in [2.05, 4.69) is 4.98 Å². The van der Waals surface area contributed by atoms with Crippen LogP contribution in [0.25, 0.3) is 5.65 Å². The van der Waals surface area contributed by atoms with E-state index in [4.69, 9.17) is 0 Å². The van der Waals surface area contributed by atoms with Crippen LogP contribution in [0.2, 0.25) is 0 Å². The third-order valence-electron chi connectivity index (χ3n) is 5.25. The van der Waals surface area contributed by atoms with Gasteiger partial charge in [0.25, 0.3) is 0 Å². The molecule has 1 saturated heterocycles. The van der Waals surface area contributed by atoms with Gasteiger partial charge < -0.3 is 9.30 Å². The van der Waals surface area contributed by atoms with E-state index in [9.17, 15) is 13.2 Å². The number of rotatable bonds is 4. The maximum Gasteiger partial charge on any atom is 0.243 e. The summed E-state index contributed by atoms with van der Waals surface area (Å²) in [6, 6.07) is 12.4. The minimum atomic E-state index is -3.54. The largest absolute Gasteiger partial charge is 0.341 e. The molecule has 0 atom stereocenters. The number of pyridine rings is 1. The van der Waals surface area contributed by atoms with Gasteiger partial charge in [-0.25, -0.2) is 13.4 Å². The molecule has 1 aromatic carbocycles. The second-order valence-corrected chi connectivity index (χ2v) is 9.22. The fraction of sp³-hybridized carbons (Fsp3) is 0.333. The van der Waals surface area contributed by atoms with Crippen LogP contribution in [-0.4, -0.2) is 59.1 Å². The molecule has 8 heteroatoms. The third-order valence-corrected chi connectivity index (χ3v) is 7.16. The Morgan fingerprint density at radius 3 is 2.59 bits per heavy atom. The number of nitrogens with zero attached hydrogens (tertiary/aromatic N) is 4. The SMILES string of the molecule is Cc1cccn2cc(CC(=O)N3CCCN(S(=O)(=O)c4ccccc4)CC3)nc12. The lowest BCUT2D eigenvalue weighted by Crippen LogP contribution is -2.38. The van der Waals surface area contributed by atoms with E-state index in [1.54, 1.807) is 35.2 Å². The fourth-order valence-electron chi connectivity index (χ4n) is 3.68. The predicted octanol–water partition coefficient (Wildman–Crippen LogP) is 2.11. The highest BCUT2D eigenvalue weighted by Crippen LogP contribution is 2.18. The monoisotopic (exact) mass is 412 g/mol. The van der Waals surface area contributed by atoms with Crippen LogP contribution >= 0.6 is 0 Å². The van der Waals surface area contributed by atoms with E-state index in [0.717, 1.165) is 16.9 Å². The molecule has 0 radical (unpaired) electrons. The first-order valence-corrected chi connectivity index (χ1v) is 11.2. The van der Waals surface area contributed by atoms with Gasteiger partial charge in [0, 0.05) is 38.6 Å². The molecule has 1 fully saturated rings. The summed E-state index contributed by atoms with van der Waals surface area (Å²) in [6.07, 6.45) is 4.63. The van der Waals surface area contributed by atoms with Crippen molar-refractivity contribution in [1.82, 2.24) is 18.6 Å². The second-order valence-electron chi connectivity index (χ2n) is 7.28. The van der Waals surface area contributed by atoms with Crippen LogP contribution in [0.15, 0.2) is 59.8 Å². The molecule has 0 saturated carbocycles. The molecule has 152 valence electrons. The summed E-state index contributed by atoms with van der Waals surface area (Å²) in [4.78, 5) is 19.4. The molecule has 7 nitrogen and oxygen atoms in total. The van der Waals surface area contributed by atoms with Gasteiger partial charge in [-0.15, -0.1) is 0 Å². The molecule has 3 heterocycles. The van der Waals surface area contributed by atoms with Gasteiger partial charge in [0.05, 0.1) is 17.0 Å². The summed E-state index contributed by atoms with van der Waals surface area (Å²) in [5, 5.41) is 0. The number of carbonyl (C=O) groups excluding carboxylic acids is 1. The van der Waals surface area contributed by atoms with E-state index in [1.165, 1.54) is 4.31 Å². The number of aryl methyl sites for hydroxylation is 1. The number of imidazole rings is 1. The molecule has 29 heavy (non-hydrogen) atoms. The number of sulfonamides is 1. The molecule has 3 aromatic rings. The molecule has 4 rings (SSSR count). The molecule has 2 aromatic heterocycles. The van der Waals surface area contributed by atoms with Gasteiger partial charge in [0.15, 0.2) is 0 Å². The minimum absolute atomic E-state index is 0.0231. The lowest BCUT2D eigenvalue weighted by molar-refractivity contribution is -0.130. The average molecular weight is 413 g/mol. The van der Waals surface area contributed by atoms with Crippen molar-refractivity contribution in [3.05, 3.63) is 66.1 Å². The molecule has 0 spiro atoms. The van der Waals surface area contributed by atoms with Gasteiger partial charge in [-0.2, -0.15) is 4.31 Å². The van der Waals surface area contributed by atoms with Gasteiger partial charge >= 0.3 is 0 Å². The average Bonchev–Trinajstić information content (AvgIpc) is 2.96. The van der Waals surface area contributed by atoms with Crippen molar-refractivity contribution in [3.8, 4) is 0 Å². The maximum atomic E-state index is 12.8. The Labute approximate surface area is 170 Å². The van der Waals surface area contributed by atoms with Crippen LogP contribution in [0.3, 0.4) is 0 Å². The van der Waals surface area contributed by atoms with Gasteiger partial charge in [-0.05, 0) is 37.1 Å². The number of fused-ring (bicyclic) bond motifs is 1. The van der Waals surface area contributed by atoms with Crippen LogP contribution in [0, 0.1) is 6.92 Å². The molecule has 0 aliphatic carbocycles. The molecular weight excluding hydrogens is 388 g/mol. The molecule has 0 bridgehead atoms. The van der Waals surface area contributed by atoms with Crippen molar-refractivity contribution in [2.45, 2.75) is 24.7 Å². The van der Waals surface area contributed by atoms with Crippen LogP contribution in [0.4, 0.5) is 0 Å². The number of hydrogen-bond acceptors (Lipinski definition) is 4. The second kappa shape index (κ2) is 7.96. The molecule has 1 aliphatic heterocycles. The molecule has 0 unspecified atom stereocenters. The zero-order valence-corrected chi connectivity index (χ0v) is 17.2. The summed E-state index contributed by atoms with van der Waals surface area (Å²) in [5.74, 6) is -0.0231. The lowest BCUT2D eigenvalue weighted by atomic mass is 10.3. The Hall–Kier alpha value is -2.71. The van der Waals surface area contributed by atoms with Crippen LogP contribution in [-0.2, 0) is 21.2 Å². The van der Waals surface area contributed by atoms with E-state index < -0.39 is 10.0 Å². The zero-order chi connectivity index (χ0) is 20.4. The van der Waals surface area contributed by atoms with E-state index in [1.807, 2.05) is 35.9 Å². The van der Waals surface area contributed by atoms with Gasteiger partial charge in [-0.1, -0.05) is 24.3 Å².